The fraction of sp³-hybridized carbons (Fsp3) is 0.455. The van der Waals surface area contributed by atoms with Gasteiger partial charge in [-0.05, 0) is 43.6 Å². The lowest BCUT2D eigenvalue weighted by atomic mass is 10.2. The molecule has 2 aromatic heterocycles. The molecular weight excluding hydrogens is 238 g/mol. The van der Waals surface area contributed by atoms with E-state index in [9.17, 15) is 0 Å². The highest BCUT2D eigenvalue weighted by atomic mass is 32.1. The minimum Gasteiger partial charge on any atom is -0.304 e. The molecule has 2 rings (SSSR count). The van der Waals surface area contributed by atoms with Crippen molar-refractivity contribution in [3.63, 3.8) is 0 Å². The van der Waals surface area contributed by atoms with Crippen LogP contribution in [0.15, 0.2) is 17.5 Å². The summed E-state index contributed by atoms with van der Waals surface area (Å²) >= 11 is 3.23. The molecule has 0 aliphatic carbocycles. The van der Waals surface area contributed by atoms with Crippen LogP contribution in [-0.2, 0) is 0 Å². The largest absolute Gasteiger partial charge is 0.304 e. The molecule has 1 atom stereocenters. The molecular formula is C11H15N3S2. The second kappa shape index (κ2) is 5.52. The smallest absolute Gasteiger partial charge is 0.0978 e. The molecule has 0 radical (unpaired) electrons. The summed E-state index contributed by atoms with van der Waals surface area (Å²) < 4.78 is 3.94. The summed E-state index contributed by atoms with van der Waals surface area (Å²) in [6.07, 6.45) is 1.12. The van der Waals surface area contributed by atoms with E-state index in [1.807, 2.05) is 16.7 Å². The zero-order valence-corrected chi connectivity index (χ0v) is 11.1. The molecule has 1 N–H and O–H groups in total. The Labute approximate surface area is 104 Å². The summed E-state index contributed by atoms with van der Waals surface area (Å²) in [6, 6.07) is 4.53. The number of rotatable bonds is 5. The summed E-state index contributed by atoms with van der Waals surface area (Å²) in [6.45, 7) is 5.30. The molecule has 16 heavy (non-hydrogen) atoms. The highest BCUT2D eigenvalue weighted by Crippen LogP contribution is 2.27. The highest BCUT2D eigenvalue weighted by molar-refractivity contribution is 7.12. The Morgan fingerprint density at radius 1 is 1.44 bits per heavy atom. The van der Waals surface area contributed by atoms with Gasteiger partial charge in [0.2, 0.25) is 0 Å². The van der Waals surface area contributed by atoms with Crippen molar-refractivity contribution in [1.29, 1.82) is 0 Å². The molecule has 0 saturated carbocycles. The lowest BCUT2D eigenvalue weighted by Crippen LogP contribution is -2.22. The Kier molecular flexibility index (Phi) is 4.04. The maximum absolute atomic E-state index is 4.17. The third kappa shape index (κ3) is 2.66. The third-order valence-electron chi connectivity index (χ3n) is 2.32. The summed E-state index contributed by atoms with van der Waals surface area (Å²) in [5.74, 6) is 0. The van der Waals surface area contributed by atoms with Gasteiger partial charge in [-0.3, -0.25) is 0 Å². The van der Waals surface area contributed by atoms with E-state index in [1.165, 1.54) is 21.3 Å². The van der Waals surface area contributed by atoms with Crippen LogP contribution < -0.4 is 5.32 Å². The van der Waals surface area contributed by atoms with Gasteiger partial charge in [-0.25, -0.2) is 0 Å². The fourth-order valence-electron chi connectivity index (χ4n) is 1.55. The number of aromatic nitrogens is 2. The number of hydrogen-bond acceptors (Lipinski definition) is 5. The molecule has 2 heterocycles. The predicted octanol–water partition coefficient (Wildman–Crippen LogP) is 3.00. The number of aryl methyl sites for hydroxylation is 1. The zero-order chi connectivity index (χ0) is 11.4. The Morgan fingerprint density at radius 2 is 2.31 bits per heavy atom. The second-order valence-electron chi connectivity index (χ2n) is 3.67. The molecule has 0 amide bonds. The van der Waals surface area contributed by atoms with E-state index < -0.39 is 0 Å². The standard InChI is InChI=1S/C11H15N3S2/c1-3-6-12-11(9-7-15-14-13-9)10-5-4-8(2)16-10/h4-5,7,11-12H,3,6H2,1-2H3. The minimum atomic E-state index is 0.206. The first-order valence-corrected chi connectivity index (χ1v) is 7.03. The summed E-state index contributed by atoms with van der Waals surface area (Å²) in [5, 5.41) is 9.70. The monoisotopic (exact) mass is 253 g/mol. The van der Waals surface area contributed by atoms with Gasteiger partial charge < -0.3 is 5.32 Å². The summed E-state index contributed by atoms with van der Waals surface area (Å²) in [7, 11) is 0. The number of nitrogens with zero attached hydrogens (tertiary/aromatic N) is 2. The first-order chi connectivity index (χ1) is 7.81. The molecule has 0 fully saturated rings. The van der Waals surface area contributed by atoms with Crippen molar-refractivity contribution in [2.45, 2.75) is 26.3 Å². The van der Waals surface area contributed by atoms with Crippen LogP contribution in [0.2, 0.25) is 0 Å². The van der Waals surface area contributed by atoms with Gasteiger partial charge in [-0.2, -0.15) is 0 Å². The third-order valence-corrected chi connectivity index (χ3v) is 3.91. The van der Waals surface area contributed by atoms with Gasteiger partial charge in [0.05, 0.1) is 11.7 Å². The lowest BCUT2D eigenvalue weighted by Gasteiger charge is -2.13. The van der Waals surface area contributed by atoms with Gasteiger partial charge in [0.25, 0.3) is 0 Å². The van der Waals surface area contributed by atoms with Gasteiger partial charge >= 0.3 is 0 Å². The van der Waals surface area contributed by atoms with Crippen LogP contribution in [0.1, 0.15) is 34.8 Å². The van der Waals surface area contributed by atoms with Crippen molar-refractivity contribution in [1.82, 2.24) is 14.9 Å². The maximum atomic E-state index is 4.17. The first kappa shape index (κ1) is 11.7. The highest BCUT2D eigenvalue weighted by Gasteiger charge is 2.17. The van der Waals surface area contributed by atoms with Crippen molar-refractivity contribution < 1.29 is 0 Å². The number of nitrogens with one attached hydrogen (secondary N) is 1. The molecule has 2 aromatic rings. The topological polar surface area (TPSA) is 37.8 Å². The van der Waals surface area contributed by atoms with Crippen molar-refractivity contribution >= 4 is 22.9 Å². The second-order valence-corrected chi connectivity index (χ2v) is 5.59. The summed E-state index contributed by atoms with van der Waals surface area (Å²) in [5.41, 5.74) is 1.03. The molecule has 0 saturated heterocycles. The maximum Gasteiger partial charge on any atom is 0.0978 e. The van der Waals surface area contributed by atoms with E-state index in [0.29, 0.717) is 0 Å². The SMILES string of the molecule is CCCNC(c1csnn1)c1ccc(C)s1. The van der Waals surface area contributed by atoms with Crippen molar-refractivity contribution in [2.75, 3.05) is 6.54 Å². The van der Waals surface area contributed by atoms with Gasteiger partial charge in [-0.15, -0.1) is 16.4 Å². The molecule has 3 nitrogen and oxygen atoms in total. The van der Waals surface area contributed by atoms with Crippen LogP contribution in [0.3, 0.4) is 0 Å². The molecule has 0 aliphatic heterocycles. The van der Waals surface area contributed by atoms with Gasteiger partial charge in [0.1, 0.15) is 0 Å². The molecule has 0 aromatic carbocycles. The van der Waals surface area contributed by atoms with Crippen LogP contribution in [0, 0.1) is 6.92 Å². The minimum absolute atomic E-state index is 0.206. The molecule has 0 spiro atoms. The molecule has 0 aliphatic rings. The predicted molar refractivity (Wildman–Crippen MR) is 69.1 cm³/mol. The molecule has 0 bridgehead atoms. The van der Waals surface area contributed by atoms with Crippen LogP contribution >= 0.6 is 22.9 Å². The van der Waals surface area contributed by atoms with Crippen LogP contribution in [0.5, 0.6) is 0 Å². The summed E-state index contributed by atoms with van der Waals surface area (Å²) in [4.78, 5) is 2.65. The normalized spacial score (nSPS) is 12.9. The Balaban J connectivity index is 2.21. The Bertz CT molecular complexity index is 422. The molecule has 1 unspecified atom stereocenters. The van der Waals surface area contributed by atoms with E-state index in [0.717, 1.165) is 18.7 Å². The zero-order valence-electron chi connectivity index (χ0n) is 9.43. The van der Waals surface area contributed by atoms with E-state index in [4.69, 9.17) is 0 Å². The van der Waals surface area contributed by atoms with Crippen molar-refractivity contribution in [2.24, 2.45) is 0 Å². The van der Waals surface area contributed by atoms with E-state index >= 15 is 0 Å². The molecule has 86 valence electrons. The lowest BCUT2D eigenvalue weighted by molar-refractivity contribution is 0.592. The van der Waals surface area contributed by atoms with Crippen LogP contribution in [0.25, 0.3) is 0 Å². The van der Waals surface area contributed by atoms with E-state index in [2.05, 4.69) is 40.9 Å². The first-order valence-electron chi connectivity index (χ1n) is 5.38. The van der Waals surface area contributed by atoms with Crippen molar-refractivity contribution in [3.8, 4) is 0 Å². The average molecular weight is 253 g/mol. The van der Waals surface area contributed by atoms with E-state index in [1.54, 1.807) is 0 Å². The van der Waals surface area contributed by atoms with E-state index in [-0.39, 0.29) is 6.04 Å². The van der Waals surface area contributed by atoms with Gasteiger partial charge in [-0.1, -0.05) is 11.4 Å². The van der Waals surface area contributed by atoms with Crippen molar-refractivity contribution in [3.05, 3.63) is 33.0 Å². The van der Waals surface area contributed by atoms with Gasteiger partial charge in [0, 0.05) is 15.1 Å². The quantitative estimate of drug-likeness (QED) is 0.890. The fourth-order valence-corrected chi connectivity index (χ4v) is 2.99. The molecule has 5 heteroatoms. The average Bonchev–Trinajstić information content (AvgIpc) is 2.91. The Morgan fingerprint density at radius 3 is 2.88 bits per heavy atom. The van der Waals surface area contributed by atoms with Crippen LogP contribution in [0.4, 0.5) is 0 Å². The van der Waals surface area contributed by atoms with Crippen LogP contribution in [-0.4, -0.2) is 16.1 Å². The van der Waals surface area contributed by atoms with Gasteiger partial charge in [0.15, 0.2) is 0 Å². The number of thiophene rings is 1. The number of hydrogen-bond donors (Lipinski definition) is 1. The Hall–Kier alpha value is -0.780.